The zero-order valence-electron chi connectivity index (χ0n) is 10.6. The van der Waals surface area contributed by atoms with E-state index >= 15 is 0 Å². The van der Waals surface area contributed by atoms with E-state index in [4.69, 9.17) is 4.74 Å². The number of benzene rings is 2. The molecule has 0 aliphatic heterocycles. The number of ether oxygens (including phenoxy) is 1. The Morgan fingerprint density at radius 2 is 1.95 bits per heavy atom. The zero-order chi connectivity index (χ0) is 13.5. The smallest absolute Gasteiger partial charge is 0.122 e. The van der Waals surface area contributed by atoms with Crippen LogP contribution in [0.1, 0.15) is 5.56 Å². The third-order valence-corrected chi connectivity index (χ3v) is 2.95. The summed E-state index contributed by atoms with van der Waals surface area (Å²) in [6.07, 6.45) is 0. The Morgan fingerprint density at radius 3 is 2.68 bits per heavy atom. The molecule has 2 aromatic rings. The van der Waals surface area contributed by atoms with Gasteiger partial charge in [0, 0.05) is 21.8 Å². The molecule has 2 aromatic carbocycles. The fourth-order valence-corrected chi connectivity index (χ4v) is 2.07. The summed E-state index contributed by atoms with van der Waals surface area (Å²) in [4.78, 5) is 0. The van der Waals surface area contributed by atoms with E-state index in [-0.39, 0.29) is 0 Å². The Morgan fingerprint density at radius 1 is 1.16 bits per heavy atom. The molecular weight excluding hydrogens is 302 g/mol. The van der Waals surface area contributed by atoms with Crippen LogP contribution in [-0.2, 0) is 0 Å². The van der Waals surface area contributed by atoms with Gasteiger partial charge in [0.05, 0.1) is 13.7 Å². The molecule has 0 unspecified atom stereocenters. The Bertz CT molecular complexity index is 599. The SMILES string of the molecule is COc1cc(Br)cc(NCC#Cc2ccccc2)c1. The summed E-state index contributed by atoms with van der Waals surface area (Å²) in [5.74, 6) is 7.01. The predicted octanol–water partition coefficient (Wildman–Crippen LogP) is 3.92. The average molecular weight is 316 g/mol. The van der Waals surface area contributed by atoms with E-state index in [9.17, 15) is 0 Å². The number of methoxy groups -OCH3 is 1. The highest BCUT2D eigenvalue weighted by Gasteiger charge is 1.97. The quantitative estimate of drug-likeness (QED) is 0.867. The summed E-state index contributed by atoms with van der Waals surface area (Å²) in [6.45, 7) is 0.592. The zero-order valence-corrected chi connectivity index (χ0v) is 12.2. The highest BCUT2D eigenvalue weighted by molar-refractivity contribution is 9.10. The molecule has 19 heavy (non-hydrogen) atoms. The second-order valence-corrected chi connectivity index (χ2v) is 4.82. The topological polar surface area (TPSA) is 21.3 Å². The van der Waals surface area contributed by atoms with Crippen molar-refractivity contribution in [3.8, 4) is 17.6 Å². The van der Waals surface area contributed by atoms with Gasteiger partial charge in [-0.15, -0.1) is 0 Å². The van der Waals surface area contributed by atoms with E-state index in [1.54, 1.807) is 7.11 Å². The molecule has 2 rings (SSSR count). The number of rotatable bonds is 3. The van der Waals surface area contributed by atoms with Gasteiger partial charge in [0.1, 0.15) is 5.75 Å². The minimum Gasteiger partial charge on any atom is -0.497 e. The van der Waals surface area contributed by atoms with Crippen molar-refractivity contribution in [1.29, 1.82) is 0 Å². The number of nitrogens with one attached hydrogen (secondary N) is 1. The van der Waals surface area contributed by atoms with Gasteiger partial charge >= 0.3 is 0 Å². The number of hydrogen-bond donors (Lipinski definition) is 1. The maximum atomic E-state index is 5.21. The van der Waals surface area contributed by atoms with E-state index < -0.39 is 0 Å². The van der Waals surface area contributed by atoms with Crippen LogP contribution in [0.5, 0.6) is 5.75 Å². The van der Waals surface area contributed by atoms with Crippen molar-refractivity contribution in [3.63, 3.8) is 0 Å². The van der Waals surface area contributed by atoms with Crippen molar-refractivity contribution in [2.24, 2.45) is 0 Å². The van der Waals surface area contributed by atoms with Crippen LogP contribution in [0.3, 0.4) is 0 Å². The summed E-state index contributed by atoms with van der Waals surface area (Å²) in [7, 11) is 1.65. The molecule has 0 aliphatic rings. The summed E-state index contributed by atoms with van der Waals surface area (Å²) < 4.78 is 6.18. The van der Waals surface area contributed by atoms with Crippen molar-refractivity contribution in [2.75, 3.05) is 19.0 Å². The lowest BCUT2D eigenvalue weighted by molar-refractivity contribution is 0.414. The van der Waals surface area contributed by atoms with Crippen LogP contribution in [0.15, 0.2) is 53.0 Å². The van der Waals surface area contributed by atoms with E-state index in [0.717, 1.165) is 21.5 Å². The minimum absolute atomic E-state index is 0.592. The van der Waals surface area contributed by atoms with Gasteiger partial charge in [-0.05, 0) is 24.3 Å². The number of hydrogen-bond acceptors (Lipinski definition) is 2. The molecule has 0 heterocycles. The molecule has 0 saturated carbocycles. The summed E-state index contributed by atoms with van der Waals surface area (Å²) in [6, 6.07) is 15.8. The van der Waals surface area contributed by atoms with Crippen LogP contribution in [-0.4, -0.2) is 13.7 Å². The van der Waals surface area contributed by atoms with Crippen LogP contribution < -0.4 is 10.1 Å². The first-order chi connectivity index (χ1) is 9.28. The fourth-order valence-electron chi connectivity index (χ4n) is 1.60. The molecule has 0 spiro atoms. The first kappa shape index (κ1) is 13.5. The van der Waals surface area contributed by atoms with Crippen LogP contribution in [0, 0.1) is 11.8 Å². The molecule has 1 N–H and O–H groups in total. The van der Waals surface area contributed by atoms with E-state index in [1.165, 1.54) is 0 Å². The Kier molecular flexibility index (Phi) is 4.88. The van der Waals surface area contributed by atoms with Crippen LogP contribution in [0.2, 0.25) is 0 Å². The molecular formula is C16H14BrNO. The van der Waals surface area contributed by atoms with Crippen molar-refractivity contribution in [1.82, 2.24) is 0 Å². The molecule has 0 saturated heterocycles. The highest BCUT2D eigenvalue weighted by Crippen LogP contribution is 2.24. The summed E-state index contributed by atoms with van der Waals surface area (Å²) >= 11 is 3.44. The van der Waals surface area contributed by atoms with Gasteiger partial charge in [-0.2, -0.15) is 0 Å². The third kappa shape index (κ3) is 4.35. The van der Waals surface area contributed by atoms with Gasteiger partial charge in [0.15, 0.2) is 0 Å². The molecule has 96 valence electrons. The largest absolute Gasteiger partial charge is 0.497 e. The Hall–Kier alpha value is -1.92. The van der Waals surface area contributed by atoms with Gasteiger partial charge in [-0.1, -0.05) is 46.0 Å². The maximum Gasteiger partial charge on any atom is 0.122 e. The lowest BCUT2D eigenvalue weighted by atomic mass is 10.2. The molecule has 0 aromatic heterocycles. The molecule has 2 nitrogen and oxygen atoms in total. The van der Waals surface area contributed by atoms with E-state index in [0.29, 0.717) is 6.54 Å². The molecule has 0 bridgehead atoms. The van der Waals surface area contributed by atoms with Crippen molar-refractivity contribution >= 4 is 21.6 Å². The van der Waals surface area contributed by atoms with Crippen LogP contribution >= 0.6 is 15.9 Å². The van der Waals surface area contributed by atoms with Gasteiger partial charge in [0.25, 0.3) is 0 Å². The second-order valence-electron chi connectivity index (χ2n) is 3.90. The molecule has 0 atom stereocenters. The molecule has 0 amide bonds. The number of anilines is 1. The van der Waals surface area contributed by atoms with Gasteiger partial charge < -0.3 is 10.1 Å². The van der Waals surface area contributed by atoms with Crippen molar-refractivity contribution in [2.45, 2.75) is 0 Å². The fraction of sp³-hybridized carbons (Fsp3) is 0.125. The molecule has 0 aliphatic carbocycles. The standard InChI is InChI=1S/C16H14BrNO/c1-19-16-11-14(17)10-15(12-16)18-9-5-8-13-6-3-2-4-7-13/h2-4,6-7,10-12,18H,9H2,1H3. The summed E-state index contributed by atoms with van der Waals surface area (Å²) in [5, 5.41) is 3.25. The minimum atomic E-state index is 0.592. The van der Waals surface area contributed by atoms with E-state index in [1.807, 2.05) is 48.5 Å². The maximum absolute atomic E-state index is 5.21. The third-order valence-electron chi connectivity index (χ3n) is 2.49. The van der Waals surface area contributed by atoms with Crippen LogP contribution in [0.25, 0.3) is 0 Å². The molecule has 0 radical (unpaired) electrons. The Balaban J connectivity index is 1.96. The summed E-state index contributed by atoms with van der Waals surface area (Å²) in [5.41, 5.74) is 2.00. The predicted molar refractivity (Wildman–Crippen MR) is 82.5 cm³/mol. The lowest BCUT2D eigenvalue weighted by Crippen LogP contribution is -1.99. The monoisotopic (exact) mass is 315 g/mol. The molecule has 3 heteroatoms. The highest BCUT2D eigenvalue weighted by atomic mass is 79.9. The van der Waals surface area contributed by atoms with Gasteiger partial charge in [-0.3, -0.25) is 0 Å². The van der Waals surface area contributed by atoms with Crippen molar-refractivity contribution in [3.05, 3.63) is 58.6 Å². The second kappa shape index (κ2) is 6.86. The van der Waals surface area contributed by atoms with Gasteiger partial charge in [-0.25, -0.2) is 0 Å². The average Bonchev–Trinajstić information content (AvgIpc) is 2.44. The first-order valence-corrected chi connectivity index (χ1v) is 6.69. The first-order valence-electron chi connectivity index (χ1n) is 5.90. The van der Waals surface area contributed by atoms with Gasteiger partial charge in [0.2, 0.25) is 0 Å². The number of halogens is 1. The van der Waals surface area contributed by atoms with Crippen LogP contribution in [0.4, 0.5) is 5.69 Å². The van der Waals surface area contributed by atoms with E-state index in [2.05, 4.69) is 33.1 Å². The Labute approximate surface area is 121 Å². The molecule has 0 fully saturated rings. The normalized spacial score (nSPS) is 9.37. The lowest BCUT2D eigenvalue weighted by Gasteiger charge is -2.06. The van der Waals surface area contributed by atoms with Crippen molar-refractivity contribution < 1.29 is 4.74 Å².